The first-order chi connectivity index (χ1) is 16.5. The van der Waals surface area contributed by atoms with Crippen molar-refractivity contribution in [3.05, 3.63) is 71.8 Å². The number of methoxy groups -OCH3 is 4. The second-order valence-corrected chi connectivity index (χ2v) is 7.29. The first-order valence-electron chi connectivity index (χ1n) is 10.3. The summed E-state index contributed by atoms with van der Waals surface area (Å²) in [5.74, 6) is 1.49. The van der Waals surface area contributed by atoms with E-state index < -0.39 is 11.8 Å². The third-order valence-electron chi connectivity index (χ3n) is 5.39. The van der Waals surface area contributed by atoms with Gasteiger partial charge in [0.05, 0.1) is 46.8 Å². The standard InChI is InChI=1S/C25H24N2O7/c1-30-18-9-7-15(12-20(18)32-3)22-23(26-16-8-10-19(31-2)21(13-16)33-4)25(29)27(24(22)28)14-17-6-5-11-34-17/h5-13,26H,14H2,1-4H3. The summed E-state index contributed by atoms with van der Waals surface area (Å²) in [6.07, 6.45) is 1.49. The molecular formula is C25H24N2O7. The zero-order valence-electron chi connectivity index (χ0n) is 19.2. The Morgan fingerprint density at radius 3 is 2.06 bits per heavy atom. The monoisotopic (exact) mass is 464 g/mol. The molecule has 1 aliphatic rings. The molecule has 2 amide bonds. The molecule has 0 aliphatic carbocycles. The van der Waals surface area contributed by atoms with Crippen LogP contribution >= 0.6 is 0 Å². The minimum atomic E-state index is -0.485. The highest BCUT2D eigenvalue weighted by Gasteiger charge is 2.40. The van der Waals surface area contributed by atoms with E-state index in [-0.39, 0.29) is 17.8 Å². The zero-order chi connectivity index (χ0) is 24.2. The highest BCUT2D eigenvalue weighted by Crippen LogP contribution is 2.37. The van der Waals surface area contributed by atoms with Crippen LogP contribution in [-0.4, -0.2) is 45.2 Å². The Balaban J connectivity index is 1.79. The maximum absolute atomic E-state index is 13.5. The Hall–Kier alpha value is -4.40. The summed E-state index contributed by atoms with van der Waals surface area (Å²) in [4.78, 5) is 28.0. The molecule has 9 heteroatoms. The highest BCUT2D eigenvalue weighted by atomic mass is 16.5. The van der Waals surface area contributed by atoms with Crippen molar-refractivity contribution in [3.63, 3.8) is 0 Å². The number of nitrogens with zero attached hydrogens (tertiary/aromatic N) is 1. The number of furan rings is 1. The van der Waals surface area contributed by atoms with E-state index >= 15 is 0 Å². The first kappa shape index (κ1) is 22.8. The molecule has 34 heavy (non-hydrogen) atoms. The summed E-state index contributed by atoms with van der Waals surface area (Å²) < 4.78 is 26.7. The fraction of sp³-hybridized carbons (Fsp3) is 0.200. The van der Waals surface area contributed by atoms with Crippen molar-refractivity contribution >= 4 is 23.1 Å². The van der Waals surface area contributed by atoms with Crippen LogP contribution in [0, 0.1) is 0 Å². The van der Waals surface area contributed by atoms with Crippen LogP contribution in [0.5, 0.6) is 23.0 Å². The van der Waals surface area contributed by atoms with Gasteiger partial charge in [-0.2, -0.15) is 0 Å². The molecule has 2 aromatic carbocycles. The molecule has 0 saturated heterocycles. The third-order valence-corrected chi connectivity index (χ3v) is 5.39. The molecule has 0 radical (unpaired) electrons. The molecule has 176 valence electrons. The Kier molecular flexibility index (Phi) is 6.44. The first-order valence-corrected chi connectivity index (χ1v) is 10.3. The summed E-state index contributed by atoms with van der Waals surface area (Å²) in [7, 11) is 6.08. The average Bonchev–Trinajstić information content (AvgIpc) is 3.46. The average molecular weight is 464 g/mol. The van der Waals surface area contributed by atoms with E-state index in [0.717, 1.165) is 4.90 Å². The zero-order valence-corrected chi connectivity index (χ0v) is 19.2. The molecule has 4 rings (SSSR count). The number of carbonyl (C=O) groups is 2. The molecule has 0 atom stereocenters. The number of hydrogen-bond donors (Lipinski definition) is 1. The van der Waals surface area contributed by atoms with Crippen LogP contribution in [0.1, 0.15) is 11.3 Å². The van der Waals surface area contributed by atoms with E-state index in [1.165, 1.54) is 34.7 Å². The van der Waals surface area contributed by atoms with Gasteiger partial charge in [0.1, 0.15) is 11.5 Å². The van der Waals surface area contributed by atoms with Gasteiger partial charge in [0.2, 0.25) is 0 Å². The summed E-state index contributed by atoms with van der Waals surface area (Å²) in [6.45, 7) is -0.00142. The largest absolute Gasteiger partial charge is 0.493 e. The van der Waals surface area contributed by atoms with Gasteiger partial charge in [-0.05, 0) is 42.0 Å². The van der Waals surface area contributed by atoms with Crippen molar-refractivity contribution in [1.82, 2.24) is 4.90 Å². The van der Waals surface area contributed by atoms with Gasteiger partial charge in [-0.1, -0.05) is 6.07 Å². The van der Waals surface area contributed by atoms with Crippen molar-refractivity contribution in [1.29, 1.82) is 0 Å². The van der Waals surface area contributed by atoms with Crippen molar-refractivity contribution in [2.45, 2.75) is 6.54 Å². The van der Waals surface area contributed by atoms with E-state index in [9.17, 15) is 9.59 Å². The lowest BCUT2D eigenvalue weighted by atomic mass is 10.0. The predicted octanol–water partition coefficient (Wildman–Crippen LogP) is 3.71. The highest BCUT2D eigenvalue weighted by molar-refractivity contribution is 6.36. The molecule has 0 saturated carbocycles. The fourth-order valence-corrected chi connectivity index (χ4v) is 3.71. The molecule has 1 aliphatic heterocycles. The fourth-order valence-electron chi connectivity index (χ4n) is 3.71. The second kappa shape index (κ2) is 9.62. The van der Waals surface area contributed by atoms with Crippen LogP contribution in [0.2, 0.25) is 0 Å². The lowest BCUT2D eigenvalue weighted by Gasteiger charge is -2.14. The molecule has 1 N–H and O–H groups in total. The van der Waals surface area contributed by atoms with Gasteiger partial charge in [-0.3, -0.25) is 14.5 Å². The van der Waals surface area contributed by atoms with Crippen LogP contribution in [0.25, 0.3) is 5.57 Å². The molecule has 1 aromatic heterocycles. The number of imide groups is 1. The van der Waals surface area contributed by atoms with Gasteiger partial charge in [0.15, 0.2) is 23.0 Å². The van der Waals surface area contributed by atoms with Crippen LogP contribution in [-0.2, 0) is 16.1 Å². The minimum Gasteiger partial charge on any atom is -0.493 e. The number of amides is 2. The number of rotatable bonds is 9. The molecule has 3 aromatic rings. The smallest absolute Gasteiger partial charge is 0.278 e. The number of hydrogen-bond acceptors (Lipinski definition) is 8. The topological polar surface area (TPSA) is 99.5 Å². The van der Waals surface area contributed by atoms with Crippen LogP contribution in [0.4, 0.5) is 5.69 Å². The number of benzene rings is 2. The Labute approximate surface area is 196 Å². The second-order valence-electron chi connectivity index (χ2n) is 7.29. The number of nitrogens with one attached hydrogen (secondary N) is 1. The van der Waals surface area contributed by atoms with Gasteiger partial charge in [0, 0.05) is 11.8 Å². The van der Waals surface area contributed by atoms with Crippen molar-refractivity contribution in [2.75, 3.05) is 33.8 Å². The molecular weight excluding hydrogens is 440 g/mol. The van der Waals surface area contributed by atoms with Gasteiger partial charge in [-0.25, -0.2) is 0 Å². The van der Waals surface area contributed by atoms with Gasteiger partial charge >= 0.3 is 0 Å². The van der Waals surface area contributed by atoms with E-state index in [4.69, 9.17) is 23.4 Å². The summed E-state index contributed by atoms with van der Waals surface area (Å²) in [6, 6.07) is 13.6. The number of carbonyl (C=O) groups excluding carboxylic acids is 2. The van der Waals surface area contributed by atoms with E-state index in [2.05, 4.69) is 5.32 Å². The summed E-state index contributed by atoms with van der Waals surface area (Å²) >= 11 is 0. The van der Waals surface area contributed by atoms with Crippen molar-refractivity contribution in [3.8, 4) is 23.0 Å². The summed E-state index contributed by atoms with van der Waals surface area (Å²) in [5.41, 5.74) is 1.37. The number of ether oxygens (including phenoxy) is 4. The van der Waals surface area contributed by atoms with Crippen LogP contribution in [0.15, 0.2) is 64.9 Å². The predicted molar refractivity (Wildman–Crippen MR) is 124 cm³/mol. The maximum Gasteiger partial charge on any atom is 0.278 e. The Bertz CT molecular complexity index is 1250. The molecule has 9 nitrogen and oxygen atoms in total. The number of anilines is 1. The Morgan fingerprint density at radius 1 is 0.794 bits per heavy atom. The van der Waals surface area contributed by atoms with Gasteiger partial charge in [-0.15, -0.1) is 0 Å². The van der Waals surface area contributed by atoms with Crippen LogP contribution < -0.4 is 24.3 Å². The lowest BCUT2D eigenvalue weighted by molar-refractivity contribution is -0.137. The van der Waals surface area contributed by atoms with E-state index in [1.54, 1.807) is 48.5 Å². The third kappa shape index (κ3) is 4.15. The Morgan fingerprint density at radius 2 is 1.44 bits per heavy atom. The molecule has 0 spiro atoms. The van der Waals surface area contributed by atoms with Crippen molar-refractivity contribution < 1.29 is 33.0 Å². The van der Waals surface area contributed by atoms with Crippen LogP contribution in [0.3, 0.4) is 0 Å². The maximum atomic E-state index is 13.5. The lowest BCUT2D eigenvalue weighted by Crippen LogP contribution is -2.31. The van der Waals surface area contributed by atoms with E-state index in [1.807, 2.05) is 0 Å². The van der Waals surface area contributed by atoms with Gasteiger partial charge in [0.25, 0.3) is 11.8 Å². The molecule has 2 heterocycles. The molecule has 0 fully saturated rings. The van der Waals surface area contributed by atoms with Crippen molar-refractivity contribution in [2.24, 2.45) is 0 Å². The summed E-state index contributed by atoms with van der Waals surface area (Å²) in [5, 5.41) is 3.10. The quantitative estimate of drug-likeness (QED) is 0.479. The molecule has 0 bridgehead atoms. The minimum absolute atomic E-state index is 0.00142. The normalized spacial score (nSPS) is 13.4. The molecule has 0 unspecified atom stereocenters. The van der Waals surface area contributed by atoms with E-state index in [0.29, 0.717) is 40.0 Å². The van der Waals surface area contributed by atoms with Gasteiger partial charge < -0.3 is 28.7 Å². The SMILES string of the molecule is COc1ccc(NC2=C(c3ccc(OC)c(OC)c3)C(=O)N(Cc3ccco3)C2=O)cc1OC.